The molecule has 3 aromatic rings. The zero-order valence-corrected chi connectivity index (χ0v) is 11.0. The van der Waals surface area contributed by atoms with Crippen LogP contribution < -0.4 is 5.73 Å². The normalized spacial score (nSPS) is 10.5. The van der Waals surface area contributed by atoms with Crippen molar-refractivity contribution < 1.29 is 8.81 Å². The molecule has 0 spiro atoms. The number of halogens is 1. The molecule has 0 aliphatic rings. The number of hydrogen-bond donors (Lipinski definition) is 2. The molecule has 0 bridgehead atoms. The first kappa shape index (κ1) is 13.1. The summed E-state index contributed by atoms with van der Waals surface area (Å²) in [5, 5.41) is 7.50. The summed E-state index contributed by atoms with van der Waals surface area (Å²) < 4.78 is 19.0. The molecule has 0 aliphatic heterocycles. The fraction of sp³-hybridized carbons (Fsp3) is 0. The molecule has 21 heavy (non-hydrogen) atoms. The minimum Gasteiger partial charge on any atom is -0.472 e. The highest BCUT2D eigenvalue weighted by molar-refractivity contribution is 5.95. The van der Waals surface area contributed by atoms with Gasteiger partial charge in [0.25, 0.3) is 0 Å². The Labute approximate surface area is 120 Å². The molecule has 1 aromatic carbocycles. The van der Waals surface area contributed by atoms with Crippen LogP contribution in [0.4, 0.5) is 10.2 Å². The van der Waals surface area contributed by atoms with Gasteiger partial charge in [0, 0.05) is 22.9 Å². The number of furan rings is 1. The maximum absolute atomic E-state index is 13.9. The summed E-state index contributed by atoms with van der Waals surface area (Å²) in [4.78, 5) is 4.20. The van der Waals surface area contributed by atoms with Gasteiger partial charge in [0.05, 0.1) is 18.2 Å². The lowest BCUT2D eigenvalue weighted by Crippen LogP contribution is -2.01. The predicted octanol–water partition coefficient (Wildman–Crippen LogP) is 3.73. The van der Waals surface area contributed by atoms with Crippen molar-refractivity contribution in [1.29, 1.82) is 5.41 Å². The fourth-order valence-corrected chi connectivity index (χ4v) is 2.19. The number of nitrogens with one attached hydrogen (secondary N) is 1. The van der Waals surface area contributed by atoms with E-state index in [-0.39, 0.29) is 11.6 Å². The van der Waals surface area contributed by atoms with Gasteiger partial charge in [-0.1, -0.05) is 12.1 Å². The lowest BCUT2D eigenvalue weighted by Gasteiger charge is -2.10. The van der Waals surface area contributed by atoms with Gasteiger partial charge < -0.3 is 15.6 Å². The summed E-state index contributed by atoms with van der Waals surface area (Å²) in [5.74, 6) is -0.188. The lowest BCUT2D eigenvalue weighted by atomic mass is 10.0. The van der Waals surface area contributed by atoms with E-state index in [4.69, 9.17) is 15.6 Å². The first-order chi connectivity index (χ1) is 10.2. The van der Waals surface area contributed by atoms with Crippen LogP contribution >= 0.6 is 0 Å². The van der Waals surface area contributed by atoms with Crippen LogP contribution in [-0.2, 0) is 0 Å². The van der Waals surface area contributed by atoms with E-state index in [1.165, 1.54) is 12.3 Å². The highest BCUT2D eigenvalue weighted by Gasteiger charge is 2.14. The summed E-state index contributed by atoms with van der Waals surface area (Å²) in [7, 11) is 0. The Kier molecular flexibility index (Phi) is 3.23. The first-order valence-corrected chi connectivity index (χ1v) is 6.29. The van der Waals surface area contributed by atoms with Crippen LogP contribution in [0.5, 0.6) is 0 Å². The highest BCUT2D eigenvalue weighted by atomic mass is 19.1. The molecule has 2 heterocycles. The number of aromatic nitrogens is 1. The molecule has 3 N–H and O–H groups in total. The molecule has 3 rings (SSSR count). The van der Waals surface area contributed by atoms with Crippen molar-refractivity contribution in [2.75, 3.05) is 5.73 Å². The maximum Gasteiger partial charge on any atom is 0.133 e. The Balaban J connectivity index is 2.26. The van der Waals surface area contributed by atoms with Gasteiger partial charge >= 0.3 is 0 Å². The quantitative estimate of drug-likeness (QED) is 0.718. The van der Waals surface area contributed by atoms with Crippen LogP contribution in [0.2, 0.25) is 0 Å². The first-order valence-electron chi connectivity index (χ1n) is 6.29. The van der Waals surface area contributed by atoms with Gasteiger partial charge in [-0.2, -0.15) is 0 Å². The molecule has 0 radical (unpaired) electrons. The molecular weight excluding hydrogens is 269 g/mol. The van der Waals surface area contributed by atoms with E-state index in [1.807, 2.05) is 0 Å². The molecule has 0 atom stereocenters. The van der Waals surface area contributed by atoms with E-state index >= 15 is 0 Å². The summed E-state index contributed by atoms with van der Waals surface area (Å²) in [6.45, 7) is 0. The molecule has 2 aromatic heterocycles. The Bertz CT molecular complexity index is 797. The summed E-state index contributed by atoms with van der Waals surface area (Å²) in [5.41, 5.74) is 8.63. The monoisotopic (exact) mass is 281 g/mol. The topological polar surface area (TPSA) is 75.9 Å². The zero-order chi connectivity index (χ0) is 14.8. The van der Waals surface area contributed by atoms with E-state index in [1.54, 1.807) is 36.6 Å². The van der Waals surface area contributed by atoms with Crippen LogP contribution in [0.25, 0.3) is 22.4 Å². The molecule has 104 valence electrons. The molecule has 5 heteroatoms. The third kappa shape index (κ3) is 2.29. The second-order valence-corrected chi connectivity index (χ2v) is 4.49. The third-order valence-corrected chi connectivity index (χ3v) is 3.21. The summed E-state index contributed by atoms with van der Waals surface area (Å²) in [6, 6.07) is 9.83. The molecule has 0 amide bonds. The molecule has 4 nitrogen and oxygen atoms in total. The average molecular weight is 281 g/mol. The highest BCUT2D eigenvalue weighted by Crippen LogP contribution is 2.31. The van der Waals surface area contributed by atoms with Gasteiger partial charge in [-0.3, -0.25) is 0 Å². The minimum absolute atomic E-state index is 0.182. The number of nitrogens with two attached hydrogens (primary N) is 1. The number of pyridine rings is 1. The van der Waals surface area contributed by atoms with Crippen LogP contribution in [0.3, 0.4) is 0 Å². The standard InChI is InChI=1S/C16H12FN3O/c17-14-4-2-1-3-11(14)15-7-12(10-5-6-21-9-10)13(8-18)16(19)20-15/h1-9,18H,(H2,19,20). The van der Waals surface area contributed by atoms with Crippen molar-refractivity contribution in [2.24, 2.45) is 0 Å². The number of hydrogen-bond acceptors (Lipinski definition) is 4. The van der Waals surface area contributed by atoms with Crippen LogP contribution in [0.15, 0.2) is 53.3 Å². The SMILES string of the molecule is N=Cc1c(-c2ccoc2)cc(-c2ccccc2F)nc1N. The van der Waals surface area contributed by atoms with Crippen molar-refractivity contribution in [3.63, 3.8) is 0 Å². The van der Waals surface area contributed by atoms with Crippen molar-refractivity contribution in [1.82, 2.24) is 4.98 Å². The summed E-state index contributed by atoms with van der Waals surface area (Å²) in [6.07, 6.45) is 4.21. The van der Waals surface area contributed by atoms with Crippen LogP contribution in [0, 0.1) is 11.2 Å². The Morgan fingerprint density at radius 3 is 2.67 bits per heavy atom. The van der Waals surface area contributed by atoms with E-state index < -0.39 is 0 Å². The van der Waals surface area contributed by atoms with Gasteiger partial charge in [0.15, 0.2) is 0 Å². The largest absolute Gasteiger partial charge is 0.472 e. The summed E-state index contributed by atoms with van der Waals surface area (Å²) >= 11 is 0. The van der Waals surface area contributed by atoms with Crippen molar-refractivity contribution in [3.8, 4) is 22.4 Å². The third-order valence-electron chi connectivity index (χ3n) is 3.21. The molecule has 0 saturated heterocycles. The van der Waals surface area contributed by atoms with E-state index in [9.17, 15) is 4.39 Å². The van der Waals surface area contributed by atoms with E-state index in [2.05, 4.69) is 4.98 Å². The molecule has 0 aliphatic carbocycles. The zero-order valence-electron chi connectivity index (χ0n) is 11.0. The van der Waals surface area contributed by atoms with Crippen LogP contribution in [0.1, 0.15) is 5.56 Å². The minimum atomic E-state index is -0.370. The fourth-order valence-electron chi connectivity index (χ4n) is 2.19. The molecular formula is C16H12FN3O. The number of rotatable bonds is 3. The van der Waals surface area contributed by atoms with Gasteiger partial charge in [-0.15, -0.1) is 0 Å². The van der Waals surface area contributed by atoms with Crippen molar-refractivity contribution in [3.05, 3.63) is 60.3 Å². The van der Waals surface area contributed by atoms with Gasteiger partial charge in [0.1, 0.15) is 11.6 Å². The molecule has 0 saturated carbocycles. The number of nitrogens with zero attached hydrogens (tertiary/aromatic N) is 1. The number of nitrogen functional groups attached to an aromatic ring is 1. The maximum atomic E-state index is 13.9. The van der Waals surface area contributed by atoms with Crippen LogP contribution in [-0.4, -0.2) is 11.2 Å². The lowest BCUT2D eigenvalue weighted by molar-refractivity contribution is 0.568. The molecule has 0 fully saturated rings. The number of benzene rings is 1. The second-order valence-electron chi connectivity index (χ2n) is 4.49. The van der Waals surface area contributed by atoms with Crippen molar-refractivity contribution >= 4 is 12.0 Å². The van der Waals surface area contributed by atoms with E-state index in [0.29, 0.717) is 22.4 Å². The second kappa shape index (κ2) is 5.20. The number of anilines is 1. The average Bonchev–Trinajstić information content (AvgIpc) is 3.01. The Hall–Kier alpha value is -2.95. The smallest absolute Gasteiger partial charge is 0.133 e. The van der Waals surface area contributed by atoms with Gasteiger partial charge in [-0.25, -0.2) is 9.37 Å². The Morgan fingerprint density at radius 1 is 1.19 bits per heavy atom. The van der Waals surface area contributed by atoms with Gasteiger partial charge in [-0.05, 0) is 29.8 Å². The van der Waals surface area contributed by atoms with Crippen molar-refractivity contribution in [2.45, 2.75) is 0 Å². The Morgan fingerprint density at radius 2 is 2.00 bits per heavy atom. The molecule has 0 unspecified atom stereocenters. The van der Waals surface area contributed by atoms with E-state index in [0.717, 1.165) is 11.8 Å². The van der Waals surface area contributed by atoms with Gasteiger partial charge in [0.2, 0.25) is 0 Å². The predicted molar refractivity (Wildman–Crippen MR) is 79.6 cm³/mol.